The predicted molar refractivity (Wildman–Crippen MR) is 47.1 cm³/mol. The fourth-order valence-electron chi connectivity index (χ4n) is 0.690. The molecule has 64 valence electrons. The second kappa shape index (κ2) is 3.90. The summed E-state index contributed by atoms with van der Waals surface area (Å²) in [6, 6.07) is 1.44. The maximum atomic E-state index is 11.4. The minimum Gasteiger partial charge on any atom is -0.508 e. The van der Waals surface area contributed by atoms with Gasteiger partial charge in [0.1, 0.15) is 11.5 Å². The molecule has 0 aliphatic rings. The largest absolute Gasteiger partial charge is 0.508 e. The number of hydrogen-bond donors (Lipinski definition) is 1. The van der Waals surface area contributed by atoms with Crippen LogP contribution in [0.5, 0.6) is 5.75 Å². The van der Waals surface area contributed by atoms with Gasteiger partial charge in [0.2, 0.25) is 0 Å². The Morgan fingerprint density at radius 2 is 2.42 bits per heavy atom. The third-order valence-electron chi connectivity index (χ3n) is 1.24. The van der Waals surface area contributed by atoms with Crippen LogP contribution in [0.3, 0.4) is 0 Å². The van der Waals surface area contributed by atoms with Crippen LogP contribution >= 0.6 is 0 Å². The highest BCUT2D eigenvalue weighted by molar-refractivity contribution is 5.75. The van der Waals surface area contributed by atoms with Crippen molar-refractivity contribution < 1.29 is 19.5 Å². The Morgan fingerprint density at radius 3 is 3.00 bits per heavy atom. The lowest BCUT2D eigenvalue weighted by Crippen LogP contribution is -1.93. The maximum absolute atomic E-state index is 11.4. The number of Topliss-reactive ketones (excluding diaryl/α,β-unsaturated/α-hetero) is 1. The molecule has 0 atom stereocenters. The molecule has 1 aromatic rings. The Bertz CT molecular complexity index is 484. The Morgan fingerprint density at radius 1 is 1.75 bits per heavy atom. The number of carbonyl (C=O) groups is 1. The van der Waals surface area contributed by atoms with Crippen molar-refractivity contribution >= 4 is 5.78 Å². The van der Waals surface area contributed by atoms with E-state index in [0.717, 1.165) is 12.1 Å². The predicted octanol–water partition coefficient (Wildman–Crippen LogP) is 1.91. The summed E-state index contributed by atoms with van der Waals surface area (Å²) in [6.07, 6.45) is -3.19. The van der Waals surface area contributed by atoms with Crippen molar-refractivity contribution in [3.63, 3.8) is 0 Å². The molecule has 0 bridgehead atoms. The van der Waals surface area contributed by atoms with Crippen molar-refractivity contribution in [2.75, 3.05) is 0 Å². The van der Waals surface area contributed by atoms with E-state index in [1.165, 1.54) is 0 Å². The lowest BCUT2D eigenvalue weighted by atomic mass is 10.1. The number of carbonyl (C=O) groups excluding carboxylic acids is 1. The number of aromatic hydroxyl groups is 1. The molecule has 0 spiro atoms. The quantitative estimate of drug-likeness (QED) is 0.754. The van der Waals surface area contributed by atoms with E-state index in [9.17, 15) is 9.90 Å². The second-order valence-corrected chi connectivity index (χ2v) is 2.18. The van der Waals surface area contributed by atoms with E-state index in [1.54, 1.807) is 0 Å². The van der Waals surface area contributed by atoms with Crippen molar-refractivity contribution in [1.29, 1.82) is 0 Å². The van der Waals surface area contributed by atoms with Crippen LogP contribution in [-0.2, 0) is 11.2 Å². The Labute approximate surface area is 81.7 Å². The van der Waals surface area contributed by atoms with Crippen LogP contribution in [0.25, 0.3) is 0 Å². The molecule has 0 fully saturated rings. The highest BCUT2D eigenvalue weighted by Gasteiger charge is 1.96. The van der Waals surface area contributed by atoms with Crippen LogP contribution < -0.4 is 0 Å². The van der Waals surface area contributed by atoms with Gasteiger partial charge in [-0.15, -0.1) is 0 Å². The lowest BCUT2D eigenvalue weighted by Gasteiger charge is -1.98. The molecule has 1 rings (SSSR count). The molecule has 2 heteroatoms. The lowest BCUT2D eigenvalue weighted by molar-refractivity contribution is -0.116. The van der Waals surface area contributed by atoms with E-state index in [2.05, 4.69) is 0 Å². The number of hydrogen-bond acceptors (Lipinski definition) is 2. The normalized spacial score (nSPS) is 20.5. The van der Waals surface area contributed by atoms with E-state index in [0.29, 0.717) is 0 Å². The first-order valence-electron chi connectivity index (χ1n) is 6.79. The van der Waals surface area contributed by atoms with Gasteiger partial charge in [-0.25, -0.2) is 0 Å². The van der Waals surface area contributed by atoms with Gasteiger partial charge in [0, 0.05) is 13.2 Å². The Kier molecular flexibility index (Phi) is 1.04. The number of ketones is 1. The summed E-state index contributed by atoms with van der Waals surface area (Å²) >= 11 is 0. The first kappa shape index (κ1) is 3.21. The van der Waals surface area contributed by atoms with Gasteiger partial charge >= 0.3 is 0 Å². The molecule has 0 aromatic heterocycles. The first-order chi connectivity index (χ1) is 8.45. The van der Waals surface area contributed by atoms with Crippen LogP contribution in [0.4, 0.5) is 0 Å². The highest BCUT2D eigenvalue weighted by Crippen LogP contribution is 2.10. The average Bonchev–Trinajstić information content (AvgIpc) is 2.22. The molecule has 12 heavy (non-hydrogen) atoms. The molecule has 0 heterocycles. The monoisotopic (exact) mass is 171 g/mol. The van der Waals surface area contributed by atoms with E-state index in [1.807, 2.05) is 0 Å². The van der Waals surface area contributed by atoms with E-state index < -0.39 is 31.2 Å². The minimum atomic E-state index is -3.05. The zero-order chi connectivity index (χ0) is 15.0. The summed E-state index contributed by atoms with van der Waals surface area (Å²) in [5.41, 5.74) is 0.107. The summed E-state index contributed by atoms with van der Waals surface area (Å²) in [5.74, 6) is -2.07. The van der Waals surface area contributed by atoms with Crippen LogP contribution in [0.1, 0.15) is 28.4 Å². The van der Waals surface area contributed by atoms with Gasteiger partial charge < -0.3 is 9.90 Å². The number of phenols is 1. The molecule has 0 radical (unpaired) electrons. The number of aryl methyl sites for hydroxylation is 1. The molecular weight excluding hydrogens is 152 g/mol. The van der Waals surface area contributed by atoms with Crippen LogP contribution in [0, 0.1) is 0 Å². The Balaban J connectivity index is 3.05. The van der Waals surface area contributed by atoms with Crippen molar-refractivity contribution in [2.45, 2.75) is 19.6 Å². The summed E-state index contributed by atoms with van der Waals surface area (Å²) in [5, 5.41) is 9.24. The molecule has 0 amide bonds. The fourth-order valence-corrected chi connectivity index (χ4v) is 0.690. The van der Waals surface area contributed by atoms with Crippen LogP contribution in [-0.4, -0.2) is 10.9 Å². The van der Waals surface area contributed by atoms with Gasteiger partial charge in [-0.05, 0) is 30.9 Å². The molecule has 0 saturated carbocycles. The van der Waals surface area contributed by atoms with Gasteiger partial charge in [-0.1, -0.05) is 12.1 Å². The zero-order valence-corrected chi connectivity index (χ0v) is 6.22. The van der Waals surface area contributed by atoms with Gasteiger partial charge in [0.15, 0.2) is 0 Å². The van der Waals surface area contributed by atoms with Gasteiger partial charge in [-0.2, -0.15) is 0 Å². The van der Waals surface area contributed by atoms with Crippen molar-refractivity contribution in [3.05, 3.63) is 29.8 Å². The Hall–Kier alpha value is -1.31. The smallest absolute Gasteiger partial charge is 0.130 e. The molecule has 0 unspecified atom stereocenters. The van der Waals surface area contributed by atoms with Gasteiger partial charge in [0.05, 0.1) is 2.74 Å². The third kappa shape index (κ3) is 2.74. The zero-order valence-electron chi connectivity index (χ0n) is 13.2. The molecule has 1 aromatic carbocycles. The van der Waals surface area contributed by atoms with Crippen LogP contribution in [0.15, 0.2) is 24.2 Å². The van der Waals surface area contributed by atoms with Gasteiger partial charge in [-0.3, -0.25) is 0 Å². The summed E-state index contributed by atoms with van der Waals surface area (Å²) < 4.78 is 50.4. The number of benzene rings is 1. The molecule has 0 saturated heterocycles. The van der Waals surface area contributed by atoms with Crippen molar-refractivity contribution in [3.8, 4) is 5.75 Å². The van der Waals surface area contributed by atoms with E-state index >= 15 is 0 Å². The van der Waals surface area contributed by atoms with E-state index in [4.69, 9.17) is 9.60 Å². The van der Waals surface area contributed by atoms with Crippen LogP contribution in [0.2, 0.25) is 0 Å². The standard InChI is InChI=1S/C10H12O2/c1-8(11)2-3-9-4-6-10(12)7-5-9/h4-7,12H,2-3H2,1H3/i1D3,2D2,6D,7D. The molecule has 2 nitrogen and oxygen atoms in total. The molecular formula is C10H12O2. The summed E-state index contributed by atoms with van der Waals surface area (Å²) in [4.78, 5) is 11.4. The molecule has 0 aliphatic carbocycles. The molecule has 1 N–H and O–H groups in total. The highest BCUT2D eigenvalue weighted by atomic mass is 16.3. The first-order valence-corrected chi connectivity index (χ1v) is 3.29. The van der Waals surface area contributed by atoms with Crippen molar-refractivity contribution in [2.24, 2.45) is 0 Å². The maximum Gasteiger partial charge on any atom is 0.130 e. The summed E-state index contributed by atoms with van der Waals surface area (Å²) in [6.45, 7) is -3.05. The van der Waals surface area contributed by atoms with Gasteiger partial charge in [0.25, 0.3) is 0 Å². The average molecular weight is 171 g/mol. The molecule has 0 aliphatic heterocycles. The SMILES string of the molecule is [2H]c1cc(CC([2H])([2H])C(=O)C([2H])([2H])[2H])cc([2H])c1O. The van der Waals surface area contributed by atoms with Crippen molar-refractivity contribution in [1.82, 2.24) is 0 Å². The summed E-state index contributed by atoms with van der Waals surface area (Å²) in [7, 11) is 0. The fraction of sp³-hybridized carbons (Fsp3) is 0.300. The second-order valence-electron chi connectivity index (χ2n) is 2.18. The minimum absolute atomic E-state index is 0.107. The number of rotatable bonds is 3. The third-order valence-corrected chi connectivity index (χ3v) is 1.24. The number of phenolic OH excluding ortho intramolecular Hbond substituents is 1. The topological polar surface area (TPSA) is 37.3 Å². The van der Waals surface area contributed by atoms with E-state index in [-0.39, 0.29) is 17.6 Å².